The molecular weight excluding hydrogens is 340 g/mol. The van der Waals surface area contributed by atoms with Gasteiger partial charge >= 0.3 is 0 Å². The standard InChI is InChI=1S/C16H19ClN8/c1-23(2)14-4-3-13-20-21-15(25(13)22-14)11-5-7-24(8-6-11)16-18-9-12(17)10-19-16/h3-4,9-11H,5-8H2,1-2H3. The third kappa shape index (κ3) is 3.09. The van der Waals surface area contributed by atoms with E-state index in [-0.39, 0.29) is 0 Å². The van der Waals surface area contributed by atoms with E-state index in [0.717, 1.165) is 49.2 Å². The molecule has 8 nitrogen and oxygen atoms in total. The van der Waals surface area contributed by atoms with Gasteiger partial charge in [0, 0.05) is 33.1 Å². The molecule has 0 spiro atoms. The Hall–Kier alpha value is -2.48. The van der Waals surface area contributed by atoms with Crippen LogP contribution in [0.5, 0.6) is 0 Å². The van der Waals surface area contributed by atoms with Crippen LogP contribution < -0.4 is 9.80 Å². The van der Waals surface area contributed by atoms with E-state index in [1.165, 1.54) is 0 Å². The first kappa shape index (κ1) is 16.0. The zero-order chi connectivity index (χ0) is 17.4. The molecule has 0 amide bonds. The van der Waals surface area contributed by atoms with Crippen LogP contribution in [0, 0.1) is 0 Å². The Morgan fingerprint density at radius 3 is 2.48 bits per heavy atom. The van der Waals surface area contributed by atoms with Crippen LogP contribution in [0.2, 0.25) is 5.02 Å². The number of rotatable bonds is 3. The topological polar surface area (TPSA) is 75.3 Å². The lowest BCUT2D eigenvalue weighted by Gasteiger charge is -2.31. The number of nitrogens with zero attached hydrogens (tertiary/aromatic N) is 8. The minimum absolute atomic E-state index is 0.323. The fraction of sp³-hybridized carbons (Fsp3) is 0.438. The smallest absolute Gasteiger partial charge is 0.225 e. The van der Waals surface area contributed by atoms with Crippen LogP contribution in [0.3, 0.4) is 0 Å². The zero-order valence-electron chi connectivity index (χ0n) is 14.2. The first-order valence-corrected chi connectivity index (χ1v) is 8.62. The van der Waals surface area contributed by atoms with Crippen molar-refractivity contribution < 1.29 is 0 Å². The van der Waals surface area contributed by atoms with Crippen LogP contribution in [0.15, 0.2) is 24.5 Å². The summed E-state index contributed by atoms with van der Waals surface area (Å²) in [6, 6.07) is 3.91. The Labute approximate surface area is 150 Å². The van der Waals surface area contributed by atoms with E-state index in [4.69, 9.17) is 11.6 Å². The normalized spacial score (nSPS) is 15.7. The van der Waals surface area contributed by atoms with Gasteiger partial charge in [0.25, 0.3) is 0 Å². The van der Waals surface area contributed by atoms with Gasteiger partial charge in [-0.2, -0.15) is 4.52 Å². The number of anilines is 2. The van der Waals surface area contributed by atoms with Crippen molar-refractivity contribution in [2.75, 3.05) is 37.0 Å². The molecule has 25 heavy (non-hydrogen) atoms. The lowest BCUT2D eigenvalue weighted by Crippen LogP contribution is -2.34. The highest BCUT2D eigenvalue weighted by Gasteiger charge is 2.26. The molecule has 0 radical (unpaired) electrons. The zero-order valence-corrected chi connectivity index (χ0v) is 14.9. The van der Waals surface area contributed by atoms with E-state index < -0.39 is 0 Å². The molecule has 3 aromatic heterocycles. The molecule has 1 aliphatic rings. The number of piperidine rings is 1. The lowest BCUT2D eigenvalue weighted by atomic mass is 9.96. The summed E-state index contributed by atoms with van der Waals surface area (Å²) >= 11 is 5.86. The summed E-state index contributed by atoms with van der Waals surface area (Å²) in [6.07, 6.45) is 5.19. The van der Waals surface area contributed by atoms with Crippen molar-refractivity contribution in [3.63, 3.8) is 0 Å². The predicted octanol–water partition coefficient (Wildman–Crippen LogP) is 2.02. The SMILES string of the molecule is CN(C)c1ccc2nnc(C3CCN(c4ncc(Cl)cn4)CC3)n2n1. The molecule has 4 rings (SSSR count). The summed E-state index contributed by atoms with van der Waals surface area (Å²) in [5.74, 6) is 2.86. The summed E-state index contributed by atoms with van der Waals surface area (Å²) in [5.41, 5.74) is 0.782. The van der Waals surface area contributed by atoms with Crippen molar-refractivity contribution in [1.82, 2.24) is 29.8 Å². The van der Waals surface area contributed by atoms with E-state index in [0.29, 0.717) is 10.9 Å². The van der Waals surface area contributed by atoms with Crippen LogP contribution in [-0.4, -0.2) is 57.0 Å². The van der Waals surface area contributed by atoms with Gasteiger partial charge in [-0.1, -0.05) is 11.6 Å². The summed E-state index contributed by atoms with van der Waals surface area (Å²) in [4.78, 5) is 12.8. The molecule has 1 aliphatic heterocycles. The summed E-state index contributed by atoms with van der Waals surface area (Å²) in [7, 11) is 3.95. The Balaban J connectivity index is 1.53. The number of fused-ring (bicyclic) bond motifs is 1. The lowest BCUT2D eigenvalue weighted by molar-refractivity contribution is 0.472. The van der Waals surface area contributed by atoms with E-state index in [2.05, 4.69) is 30.2 Å². The van der Waals surface area contributed by atoms with E-state index in [1.54, 1.807) is 12.4 Å². The highest BCUT2D eigenvalue weighted by Crippen LogP contribution is 2.28. The van der Waals surface area contributed by atoms with Crippen molar-refractivity contribution in [3.8, 4) is 0 Å². The fourth-order valence-electron chi connectivity index (χ4n) is 3.10. The molecule has 0 unspecified atom stereocenters. The molecule has 3 aromatic rings. The molecule has 0 bridgehead atoms. The average Bonchev–Trinajstić information content (AvgIpc) is 3.05. The quantitative estimate of drug-likeness (QED) is 0.708. The molecule has 0 aliphatic carbocycles. The number of aromatic nitrogens is 6. The van der Waals surface area contributed by atoms with Crippen molar-refractivity contribution in [1.29, 1.82) is 0 Å². The van der Waals surface area contributed by atoms with Gasteiger partial charge in [-0.25, -0.2) is 9.97 Å². The second-order valence-electron chi connectivity index (χ2n) is 6.38. The monoisotopic (exact) mass is 358 g/mol. The molecule has 0 aromatic carbocycles. The molecule has 130 valence electrons. The van der Waals surface area contributed by atoms with Gasteiger partial charge in [0.05, 0.1) is 17.4 Å². The van der Waals surface area contributed by atoms with Gasteiger partial charge in [-0.3, -0.25) is 0 Å². The maximum atomic E-state index is 5.86. The maximum Gasteiger partial charge on any atom is 0.225 e. The highest BCUT2D eigenvalue weighted by atomic mass is 35.5. The largest absolute Gasteiger partial charge is 0.361 e. The molecular formula is C16H19ClN8. The Morgan fingerprint density at radius 1 is 1.08 bits per heavy atom. The van der Waals surface area contributed by atoms with Crippen LogP contribution in [0.25, 0.3) is 5.65 Å². The van der Waals surface area contributed by atoms with Gasteiger partial charge in [0.2, 0.25) is 5.95 Å². The highest BCUT2D eigenvalue weighted by molar-refractivity contribution is 6.30. The number of hydrogen-bond donors (Lipinski definition) is 0. The van der Waals surface area contributed by atoms with Crippen LogP contribution in [-0.2, 0) is 0 Å². The number of hydrogen-bond acceptors (Lipinski definition) is 7. The first-order valence-electron chi connectivity index (χ1n) is 8.24. The minimum atomic E-state index is 0.323. The molecule has 0 saturated carbocycles. The third-order valence-corrected chi connectivity index (χ3v) is 4.68. The Bertz CT molecular complexity index is 867. The minimum Gasteiger partial charge on any atom is -0.361 e. The summed E-state index contributed by atoms with van der Waals surface area (Å²) < 4.78 is 1.87. The van der Waals surface area contributed by atoms with Gasteiger partial charge in [0.15, 0.2) is 11.5 Å². The van der Waals surface area contributed by atoms with Gasteiger partial charge in [-0.05, 0) is 25.0 Å². The van der Waals surface area contributed by atoms with Crippen molar-refractivity contribution in [2.45, 2.75) is 18.8 Å². The maximum absolute atomic E-state index is 5.86. The molecule has 4 heterocycles. The van der Waals surface area contributed by atoms with Gasteiger partial charge in [-0.15, -0.1) is 15.3 Å². The van der Waals surface area contributed by atoms with Crippen molar-refractivity contribution >= 4 is 29.0 Å². The molecule has 0 N–H and O–H groups in total. The molecule has 1 saturated heterocycles. The first-order chi connectivity index (χ1) is 12.1. The van der Waals surface area contributed by atoms with Crippen molar-refractivity contribution in [3.05, 3.63) is 35.4 Å². The number of halogens is 1. The van der Waals surface area contributed by atoms with Crippen molar-refractivity contribution in [2.24, 2.45) is 0 Å². The predicted molar refractivity (Wildman–Crippen MR) is 96.3 cm³/mol. The molecule has 1 fully saturated rings. The Kier molecular flexibility index (Phi) is 4.12. The van der Waals surface area contributed by atoms with E-state index in [1.807, 2.05) is 35.6 Å². The van der Waals surface area contributed by atoms with Crippen LogP contribution in [0.1, 0.15) is 24.6 Å². The second kappa shape index (κ2) is 6.44. The summed E-state index contributed by atoms with van der Waals surface area (Å²) in [6.45, 7) is 1.74. The Morgan fingerprint density at radius 2 is 1.80 bits per heavy atom. The fourth-order valence-corrected chi connectivity index (χ4v) is 3.19. The summed E-state index contributed by atoms with van der Waals surface area (Å²) in [5, 5.41) is 13.9. The molecule has 9 heteroatoms. The molecule has 0 atom stereocenters. The van der Waals surface area contributed by atoms with Crippen LogP contribution in [0.4, 0.5) is 11.8 Å². The third-order valence-electron chi connectivity index (χ3n) is 4.48. The van der Waals surface area contributed by atoms with Gasteiger partial charge in [0.1, 0.15) is 5.82 Å². The second-order valence-corrected chi connectivity index (χ2v) is 6.81. The average molecular weight is 359 g/mol. The van der Waals surface area contributed by atoms with Gasteiger partial charge < -0.3 is 9.80 Å². The van der Waals surface area contributed by atoms with Crippen LogP contribution >= 0.6 is 11.6 Å². The van der Waals surface area contributed by atoms with E-state index in [9.17, 15) is 0 Å². The van der Waals surface area contributed by atoms with E-state index >= 15 is 0 Å².